The Hall–Kier alpha value is -2.87. The first kappa shape index (κ1) is 13.8. The smallest absolute Gasteiger partial charge is 0.118 e. The van der Waals surface area contributed by atoms with Gasteiger partial charge in [0.05, 0.1) is 5.69 Å². The van der Waals surface area contributed by atoms with Crippen LogP contribution in [0.5, 0.6) is 0 Å². The van der Waals surface area contributed by atoms with E-state index < -0.39 is 0 Å². The number of para-hydroxylation sites is 1. The van der Waals surface area contributed by atoms with Crippen LogP contribution in [-0.2, 0) is 5.54 Å². The van der Waals surface area contributed by atoms with Gasteiger partial charge in [0.1, 0.15) is 5.54 Å². The fourth-order valence-corrected chi connectivity index (χ4v) is 3.37. The van der Waals surface area contributed by atoms with E-state index in [4.69, 9.17) is 5.10 Å². The van der Waals surface area contributed by atoms with E-state index in [-0.39, 0.29) is 5.54 Å². The molecule has 0 fully saturated rings. The maximum absolute atomic E-state index is 4.72. The van der Waals surface area contributed by atoms with Crippen LogP contribution < -0.4 is 5.01 Å². The van der Waals surface area contributed by atoms with Gasteiger partial charge in [-0.05, 0) is 23.3 Å². The Balaban J connectivity index is 1.93. The summed E-state index contributed by atoms with van der Waals surface area (Å²) < 4.78 is 0. The van der Waals surface area contributed by atoms with Crippen molar-refractivity contribution in [1.29, 1.82) is 0 Å². The van der Waals surface area contributed by atoms with Crippen molar-refractivity contribution in [2.24, 2.45) is 5.10 Å². The van der Waals surface area contributed by atoms with Gasteiger partial charge in [0.15, 0.2) is 0 Å². The van der Waals surface area contributed by atoms with Crippen LogP contribution in [0, 0.1) is 0 Å². The van der Waals surface area contributed by atoms with E-state index in [9.17, 15) is 0 Å². The molecule has 0 saturated heterocycles. The highest BCUT2D eigenvalue weighted by Crippen LogP contribution is 2.44. The largest absolute Gasteiger partial charge is 0.250 e. The standard InChI is InChI=1S/C21H18N2/c1-4-10-18(11-5-1)21(19-12-6-2-7-13-19)16-17-22-23(21)20-14-8-3-9-15-20/h1-15,17H,16H2. The van der Waals surface area contributed by atoms with Crippen LogP contribution in [0.4, 0.5) is 5.69 Å². The van der Waals surface area contributed by atoms with Crippen molar-refractivity contribution >= 4 is 11.9 Å². The molecule has 2 heteroatoms. The maximum Gasteiger partial charge on any atom is 0.118 e. The maximum atomic E-state index is 4.72. The summed E-state index contributed by atoms with van der Waals surface area (Å²) in [6.45, 7) is 0. The molecule has 112 valence electrons. The molecule has 23 heavy (non-hydrogen) atoms. The summed E-state index contributed by atoms with van der Waals surface area (Å²) in [6.07, 6.45) is 2.88. The van der Waals surface area contributed by atoms with Gasteiger partial charge in [-0.3, -0.25) is 5.01 Å². The lowest BCUT2D eigenvalue weighted by molar-refractivity contribution is 0.535. The van der Waals surface area contributed by atoms with Gasteiger partial charge in [-0.15, -0.1) is 0 Å². The van der Waals surface area contributed by atoms with Crippen molar-refractivity contribution in [3.63, 3.8) is 0 Å². The molecule has 0 radical (unpaired) electrons. The topological polar surface area (TPSA) is 15.6 Å². The second kappa shape index (κ2) is 5.73. The monoisotopic (exact) mass is 298 g/mol. The van der Waals surface area contributed by atoms with Crippen LogP contribution >= 0.6 is 0 Å². The number of rotatable bonds is 3. The molecule has 1 aliphatic rings. The third-order valence-corrected chi connectivity index (χ3v) is 4.45. The SMILES string of the molecule is C1=NN(c2ccccc2)C(c2ccccc2)(c2ccccc2)C1. The molecule has 0 aliphatic carbocycles. The normalized spacial score (nSPS) is 15.7. The first-order chi connectivity index (χ1) is 11.4. The molecule has 2 nitrogen and oxygen atoms in total. The average Bonchev–Trinajstić information content (AvgIpc) is 3.10. The van der Waals surface area contributed by atoms with Crippen LogP contribution in [0.15, 0.2) is 96.1 Å². The van der Waals surface area contributed by atoms with E-state index in [0.717, 1.165) is 12.1 Å². The zero-order valence-electron chi connectivity index (χ0n) is 12.8. The van der Waals surface area contributed by atoms with Crippen LogP contribution in [0.1, 0.15) is 17.5 Å². The van der Waals surface area contributed by atoms with Crippen LogP contribution in [0.25, 0.3) is 0 Å². The molecule has 0 amide bonds. The van der Waals surface area contributed by atoms with Gasteiger partial charge in [0, 0.05) is 12.6 Å². The van der Waals surface area contributed by atoms with E-state index in [1.54, 1.807) is 0 Å². The Bertz CT molecular complexity index is 756. The average molecular weight is 298 g/mol. The molecule has 0 aromatic heterocycles. The van der Waals surface area contributed by atoms with Crippen molar-refractivity contribution in [3.05, 3.63) is 102 Å². The Kier molecular flexibility index (Phi) is 3.43. The zero-order chi connectivity index (χ0) is 15.5. The molecule has 0 spiro atoms. The Labute approximate surface area is 136 Å². The Morgan fingerprint density at radius 3 is 1.65 bits per heavy atom. The van der Waals surface area contributed by atoms with Crippen molar-refractivity contribution in [2.45, 2.75) is 12.0 Å². The van der Waals surface area contributed by atoms with Gasteiger partial charge in [0.2, 0.25) is 0 Å². The number of hydrogen-bond acceptors (Lipinski definition) is 2. The summed E-state index contributed by atoms with van der Waals surface area (Å²) in [6, 6.07) is 31.7. The molecular formula is C21H18N2. The summed E-state index contributed by atoms with van der Waals surface area (Å²) in [4.78, 5) is 0. The minimum atomic E-state index is -0.288. The molecule has 4 rings (SSSR count). The number of hydrogen-bond donors (Lipinski definition) is 0. The van der Waals surface area contributed by atoms with Gasteiger partial charge in [0.25, 0.3) is 0 Å². The summed E-state index contributed by atoms with van der Waals surface area (Å²) in [5, 5.41) is 6.87. The van der Waals surface area contributed by atoms with Crippen molar-refractivity contribution in [1.82, 2.24) is 0 Å². The first-order valence-electron chi connectivity index (χ1n) is 7.90. The number of anilines is 1. The highest BCUT2D eigenvalue weighted by molar-refractivity contribution is 5.73. The lowest BCUT2D eigenvalue weighted by Crippen LogP contribution is -2.41. The second-order valence-electron chi connectivity index (χ2n) is 5.74. The summed E-state index contributed by atoms with van der Waals surface area (Å²) in [5.74, 6) is 0. The van der Waals surface area contributed by atoms with Gasteiger partial charge < -0.3 is 0 Å². The Morgan fingerprint density at radius 1 is 0.652 bits per heavy atom. The molecule has 0 bridgehead atoms. The van der Waals surface area contributed by atoms with Crippen molar-refractivity contribution in [3.8, 4) is 0 Å². The zero-order valence-corrected chi connectivity index (χ0v) is 12.8. The molecule has 1 heterocycles. The quantitative estimate of drug-likeness (QED) is 0.676. The molecule has 0 atom stereocenters. The van der Waals surface area contributed by atoms with E-state index in [1.165, 1.54) is 11.1 Å². The third kappa shape index (κ3) is 2.23. The molecule has 0 unspecified atom stereocenters. The third-order valence-electron chi connectivity index (χ3n) is 4.45. The summed E-state index contributed by atoms with van der Waals surface area (Å²) in [7, 11) is 0. The predicted octanol–water partition coefficient (Wildman–Crippen LogP) is 4.83. The molecule has 0 saturated carbocycles. The molecular weight excluding hydrogens is 280 g/mol. The molecule has 0 N–H and O–H groups in total. The van der Waals surface area contributed by atoms with E-state index >= 15 is 0 Å². The second-order valence-corrected chi connectivity index (χ2v) is 5.74. The minimum absolute atomic E-state index is 0.288. The van der Waals surface area contributed by atoms with Crippen molar-refractivity contribution in [2.75, 3.05) is 5.01 Å². The van der Waals surface area contributed by atoms with Gasteiger partial charge in [-0.25, -0.2) is 0 Å². The lowest BCUT2D eigenvalue weighted by Gasteiger charge is -2.39. The van der Waals surface area contributed by atoms with Gasteiger partial charge >= 0.3 is 0 Å². The summed E-state index contributed by atoms with van der Waals surface area (Å²) >= 11 is 0. The van der Waals surface area contributed by atoms with Gasteiger partial charge in [-0.2, -0.15) is 5.10 Å². The minimum Gasteiger partial charge on any atom is -0.250 e. The Morgan fingerprint density at radius 2 is 1.13 bits per heavy atom. The number of hydrazone groups is 1. The number of benzene rings is 3. The number of nitrogens with zero attached hydrogens (tertiary/aromatic N) is 2. The van der Waals surface area contributed by atoms with Crippen LogP contribution in [-0.4, -0.2) is 6.21 Å². The predicted molar refractivity (Wildman–Crippen MR) is 95.7 cm³/mol. The van der Waals surface area contributed by atoms with Crippen LogP contribution in [0.3, 0.4) is 0 Å². The first-order valence-corrected chi connectivity index (χ1v) is 7.90. The van der Waals surface area contributed by atoms with Gasteiger partial charge in [-0.1, -0.05) is 78.9 Å². The van der Waals surface area contributed by atoms with E-state index in [0.29, 0.717) is 0 Å². The highest BCUT2D eigenvalue weighted by Gasteiger charge is 2.43. The molecule has 1 aliphatic heterocycles. The van der Waals surface area contributed by atoms with Crippen LogP contribution in [0.2, 0.25) is 0 Å². The molecule has 3 aromatic rings. The fourth-order valence-electron chi connectivity index (χ4n) is 3.37. The fraction of sp³-hybridized carbons (Fsp3) is 0.0952. The van der Waals surface area contributed by atoms with E-state index in [2.05, 4.69) is 89.9 Å². The summed E-state index contributed by atoms with van der Waals surface area (Å²) in [5.41, 5.74) is 3.33. The van der Waals surface area contributed by atoms with E-state index in [1.807, 2.05) is 12.3 Å². The molecule has 3 aromatic carbocycles. The highest BCUT2D eigenvalue weighted by atomic mass is 15.5. The van der Waals surface area contributed by atoms with Crippen molar-refractivity contribution < 1.29 is 0 Å². The lowest BCUT2D eigenvalue weighted by atomic mass is 9.80.